The Morgan fingerprint density at radius 3 is 1.89 bits per heavy atom. The quantitative estimate of drug-likeness (QED) is 0.435. The largest absolute Gasteiger partial charge is 0.854 e. The summed E-state index contributed by atoms with van der Waals surface area (Å²) in [6.07, 6.45) is 4.64. The summed E-state index contributed by atoms with van der Waals surface area (Å²) in [7, 11) is 12.1. The minimum atomic E-state index is 0.122. The van der Waals surface area contributed by atoms with Crippen molar-refractivity contribution in [1.82, 2.24) is 4.90 Å². The Balaban J connectivity index is 0. The first kappa shape index (κ1) is 20.7. The van der Waals surface area contributed by atoms with Crippen LogP contribution in [0.3, 0.4) is 0 Å². The van der Waals surface area contributed by atoms with E-state index >= 15 is 0 Å². The van der Waals surface area contributed by atoms with Crippen LogP contribution in [0.15, 0.2) is 4.99 Å². The number of quaternary nitrogens is 1. The van der Waals surface area contributed by atoms with Crippen molar-refractivity contribution in [3.05, 3.63) is 0 Å². The topological polar surface area (TPSA) is 38.7 Å². The summed E-state index contributed by atoms with van der Waals surface area (Å²) >= 11 is 0. The van der Waals surface area contributed by atoms with Crippen molar-refractivity contribution in [3.8, 4) is 0 Å². The fourth-order valence-electron chi connectivity index (χ4n) is 2.00. The van der Waals surface area contributed by atoms with Gasteiger partial charge in [-0.3, -0.25) is 4.48 Å². The highest BCUT2D eigenvalue weighted by atomic mass is 16.3. The molecule has 0 bridgehead atoms. The van der Waals surface area contributed by atoms with Crippen LogP contribution in [0, 0.1) is 5.92 Å². The molecule has 4 nitrogen and oxygen atoms in total. The van der Waals surface area contributed by atoms with Gasteiger partial charge in [0, 0.05) is 21.1 Å². The molecule has 0 amide bonds. The third-order valence-corrected chi connectivity index (χ3v) is 2.98. The molecule has 0 N–H and O–H groups in total. The van der Waals surface area contributed by atoms with E-state index in [2.05, 4.69) is 40.0 Å². The van der Waals surface area contributed by atoms with Crippen LogP contribution in [0.5, 0.6) is 0 Å². The maximum Gasteiger partial charge on any atom is 0.298 e. The molecule has 0 aliphatic rings. The summed E-state index contributed by atoms with van der Waals surface area (Å²) in [6, 6.07) is 0. The molecule has 0 saturated carbocycles. The molecule has 1 unspecified atom stereocenters. The predicted molar refractivity (Wildman–Crippen MR) is 83.3 cm³/mol. The zero-order valence-electron chi connectivity index (χ0n) is 14.4. The number of unbranched alkanes of at least 4 members (excludes halogenated alkanes) is 1. The third-order valence-electron chi connectivity index (χ3n) is 2.98. The molecule has 1 atom stereocenters. The molecule has 0 aliphatic heterocycles. The van der Waals surface area contributed by atoms with Gasteiger partial charge in [-0.15, -0.1) is 6.61 Å². The Labute approximate surface area is 120 Å². The molecule has 0 fully saturated rings. The minimum Gasteiger partial charge on any atom is -0.854 e. The van der Waals surface area contributed by atoms with E-state index in [4.69, 9.17) is 0 Å². The molecule has 19 heavy (non-hydrogen) atoms. The van der Waals surface area contributed by atoms with Crippen LogP contribution in [-0.2, 0) is 0 Å². The molecule has 0 aromatic heterocycles. The number of hydrogen-bond acceptors (Lipinski definition) is 2. The zero-order chi connectivity index (χ0) is 15.5. The lowest BCUT2D eigenvalue weighted by atomic mass is 10.0. The van der Waals surface area contributed by atoms with Gasteiger partial charge in [0.1, 0.15) is 0 Å². The van der Waals surface area contributed by atoms with E-state index in [1.807, 2.05) is 26.0 Å². The van der Waals surface area contributed by atoms with Crippen LogP contribution in [0.4, 0.5) is 0 Å². The number of aliphatic imine (C=N–C) groups is 1. The molecule has 0 aromatic carbocycles. The lowest BCUT2D eigenvalue weighted by Crippen LogP contribution is -2.48. The molecule has 0 spiro atoms. The van der Waals surface area contributed by atoms with Crippen LogP contribution in [-0.4, -0.2) is 64.2 Å². The van der Waals surface area contributed by atoms with Crippen molar-refractivity contribution < 1.29 is 9.59 Å². The van der Waals surface area contributed by atoms with Gasteiger partial charge in [0.05, 0.1) is 21.1 Å². The number of nitrogens with zero attached hydrogens (tertiary/aromatic N) is 3. The highest BCUT2D eigenvalue weighted by Gasteiger charge is 2.18. The number of hydrogen-bond donors (Lipinski definition) is 0. The summed E-state index contributed by atoms with van der Waals surface area (Å²) in [6.45, 7) is 4.38. The van der Waals surface area contributed by atoms with Gasteiger partial charge in [-0.2, -0.15) is 0 Å². The fourth-order valence-corrected chi connectivity index (χ4v) is 2.00. The molecule has 4 heteroatoms. The van der Waals surface area contributed by atoms with Gasteiger partial charge in [-0.25, -0.2) is 4.99 Å². The number of guanidine groups is 1. The van der Waals surface area contributed by atoms with E-state index in [1.54, 1.807) is 0 Å². The molecule has 0 rings (SSSR count). The Hall–Kier alpha value is -0.610. The fraction of sp³-hybridized carbons (Fsp3) is 0.933. The van der Waals surface area contributed by atoms with Crippen LogP contribution in [0.1, 0.15) is 39.5 Å². The van der Waals surface area contributed by atoms with Gasteiger partial charge in [-0.05, 0) is 0 Å². The van der Waals surface area contributed by atoms with Crippen LogP contribution in [0.2, 0.25) is 0 Å². The van der Waals surface area contributed by atoms with Crippen LogP contribution >= 0.6 is 0 Å². The number of rotatable bonds is 5. The Bertz CT molecular complexity index is 228. The van der Waals surface area contributed by atoms with E-state index in [0.29, 0.717) is 5.92 Å². The zero-order valence-corrected chi connectivity index (χ0v) is 14.4. The highest BCUT2D eigenvalue weighted by molar-refractivity contribution is 5.72. The van der Waals surface area contributed by atoms with Gasteiger partial charge in [0.15, 0.2) is 0 Å². The van der Waals surface area contributed by atoms with Crippen molar-refractivity contribution in [2.24, 2.45) is 10.9 Å². The van der Waals surface area contributed by atoms with Gasteiger partial charge >= 0.3 is 0 Å². The van der Waals surface area contributed by atoms with E-state index in [-0.39, 0.29) is 6.61 Å². The van der Waals surface area contributed by atoms with Gasteiger partial charge in [0.2, 0.25) is 0 Å². The second-order valence-electron chi connectivity index (χ2n) is 6.01. The molecule has 116 valence electrons. The Kier molecular flexibility index (Phi) is 12.2. The van der Waals surface area contributed by atoms with Crippen molar-refractivity contribution in [2.75, 3.05) is 48.9 Å². The maximum absolute atomic E-state index is 10.4. The third kappa shape index (κ3) is 11.0. The molecular weight excluding hydrogens is 238 g/mol. The first-order valence-electron chi connectivity index (χ1n) is 7.28. The SMILES string of the molecule is CCCCC(CC)C[O-].CN=C(N(C)C)[N+](C)(C)C. The second kappa shape index (κ2) is 11.2. The van der Waals surface area contributed by atoms with E-state index in [1.165, 1.54) is 12.8 Å². The lowest BCUT2D eigenvalue weighted by molar-refractivity contribution is -0.782. The first-order chi connectivity index (χ1) is 8.74. The van der Waals surface area contributed by atoms with Gasteiger partial charge < -0.3 is 10.0 Å². The lowest BCUT2D eigenvalue weighted by Gasteiger charge is -2.28. The molecule has 0 aliphatic carbocycles. The van der Waals surface area contributed by atoms with Crippen LogP contribution in [0.25, 0.3) is 0 Å². The van der Waals surface area contributed by atoms with Crippen molar-refractivity contribution in [1.29, 1.82) is 0 Å². The highest BCUT2D eigenvalue weighted by Crippen LogP contribution is 2.09. The average Bonchev–Trinajstić information content (AvgIpc) is 2.29. The normalized spacial score (nSPS) is 13.6. The van der Waals surface area contributed by atoms with Crippen molar-refractivity contribution in [2.45, 2.75) is 39.5 Å². The maximum atomic E-state index is 10.4. The Morgan fingerprint density at radius 1 is 1.21 bits per heavy atom. The van der Waals surface area contributed by atoms with Crippen LogP contribution < -0.4 is 5.11 Å². The van der Waals surface area contributed by atoms with E-state index in [9.17, 15) is 5.11 Å². The molecular formula is C15H35N3O. The monoisotopic (exact) mass is 273 g/mol. The van der Waals surface area contributed by atoms with Gasteiger partial charge in [0.25, 0.3) is 5.96 Å². The summed E-state index contributed by atoms with van der Waals surface area (Å²) < 4.78 is 0.767. The molecule has 0 aromatic rings. The van der Waals surface area contributed by atoms with E-state index in [0.717, 1.165) is 23.3 Å². The van der Waals surface area contributed by atoms with E-state index < -0.39 is 0 Å². The smallest absolute Gasteiger partial charge is 0.298 e. The molecule has 0 radical (unpaired) electrons. The Morgan fingerprint density at radius 2 is 1.74 bits per heavy atom. The summed E-state index contributed by atoms with van der Waals surface area (Å²) in [5.41, 5.74) is 0. The summed E-state index contributed by atoms with van der Waals surface area (Å²) in [5, 5.41) is 10.4. The minimum absolute atomic E-state index is 0.122. The summed E-state index contributed by atoms with van der Waals surface area (Å²) in [4.78, 5) is 6.20. The standard InChI is InChI=1S/C8H17O.C7H18N3/c1-3-5-6-8(4-2)7-9;1-8-7(9(2)3)10(4,5)6/h8H,3-7H2,1-2H3;1-6H3/q-1;+1. The predicted octanol–water partition coefficient (Wildman–Crippen LogP) is 1.80. The first-order valence-corrected chi connectivity index (χ1v) is 7.28. The van der Waals surface area contributed by atoms with Crippen molar-refractivity contribution >= 4 is 5.96 Å². The van der Waals surface area contributed by atoms with Gasteiger partial charge in [-0.1, -0.05) is 45.4 Å². The second-order valence-corrected chi connectivity index (χ2v) is 6.01. The molecule has 0 heterocycles. The molecule has 0 saturated heterocycles. The van der Waals surface area contributed by atoms with Crippen molar-refractivity contribution in [3.63, 3.8) is 0 Å². The summed E-state index contributed by atoms with van der Waals surface area (Å²) in [5.74, 6) is 1.52. The average molecular weight is 273 g/mol.